The van der Waals surface area contributed by atoms with Crippen LogP contribution in [-0.4, -0.2) is 18.5 Å². The van der Waals surface area contributed by atoms with E-state index in [1.165, 1.54) is 18.2 Å². The van der Waals surface area contributed by atoms with Crippen molar-refractivity contribution in [2.75, 3.05) is 5.32 Å². The molecule has 0 saturated carbocycles. The number of nitrogens with one attached hydrogen (secondary N) is 3. The standard InChI is InChI=1S/C19H17F2N3O3/c1-11-15(17(25)23-12-7-3-2-4-8-12)16(24-19(26)22-11)13-9-5-6-10-14(13)27-18(20)21/h2-10,16,18H,1H3,(H,23,25)(H2,22,24,26). The minimum absolute atomic E-state index is 0.113. The Hall–Kier alpha value is -3.42. The molecule has 0 aliphatic carbocycles. The van der Waals surface area contributed by atoms with E-state index in [1.807, 2.05) is 6.07 Å². The molecule has 3 rings (SSSR count). The number of hydrogen-bond donors (Lipinski definition) is 3. The smallest absolute Gasteiger partial charge is 0.387 e. The Kier molecular flexibility index (Phi) is 5.35. The Morgan fingerprint density at radius 1 is 1.11 bits per heavy atom. The summed E-state index contributed by atoms with van der Waals surface area (Å²) >= 11 is 0. The van der Waals surface area contributed by atoms with E-state index in [2.05, 4.69) is 20.7 Å². The van der Waals surface area contributed by atoms with Crippen molar-refractivity contribution in [3.8, 4) is 5.75 Å². The minimum atomic E-state index is -3.03. The van der Waals surface area contributed by atoms with Gasteiger partial charge in [-0.05, 0) is 25.1 Å². The second-order valence-corrected chi connectivity index (χ2v) is 5.81. The summed E-state index contributed by atoms with van der Waals surface area (Å²) in [7, 11) is 0. The van der Waals surface area contributed by atoms with Crippen molar-refractivity contribution in [2.24, 2.45) is 0 Å². The summed E-state index contributed by atoms with van der Waals surface area (Å²) in [5.41, 5.74) is 1.34. The topological polar surface area (TPSA) is 79.5 Å². The molecule has 6 nitrogen and oxygen atoms in total. The molecule has 1 atom stereocenters. The summed E-state index contributed by atoms with van der Waals surface area (Å²) < 4.78 is 30.1. The minimum Gasteiger partial charge on any atom is -0.434 e. The first-order valence-electron chi connectivity index (χ1n) is 8.14. The van der Waals surface area contributed by atoms with Crippen molar-refractivity contribution in [1.82, 2.24) is 10.6 Å². The molecule has 0 bridgehead atoms. The van der Waals surface area contributed by atoms with Crippen LogP contribution in [0.25, 0.3) is 0 Å². The molecule has 3 N–H and O–H groups in total. The summed E-state index contributed by atoms with van der Waals surface area (Å²) in [5, 5.41) is 7.88. The number of anilines is 1. The van der Waals surface area contributed by atoms with Crippen molar-refractivity contribution >= 4 is 17.6 Å². The van der Waals surface area contributed by atoms with Gasteiger partial charge in [-0.1, -0.05) is 36.4 Å². The number of carbonyl (C=O) groups excluding carboxylic acids is 2. The van der Waals surface area contributed by atoms with Crippen LogP contribution < -0.4 is 20.7 Å². The predicted molar refractivity (Wildman–Crippen MR) is 95.3 cm³/mol. The largest absolute Gasteiger partial charge is 0.434 e. The Labute approximate surface area is 154 Å². The first-order valence-corrected chi connectivity index (χ1v) is 8.14. The third-order valence-corrected chi connectivity index (χ3v) is 3.99. The lowest BCUT2D eigenvalue weighted by molar-refractivity contribution is -0.113. The van der Waals surface area contributed by atoms with Crippen LogP contribution in [0.5, 0.6) is 5.75 Å². The number of hydrogen-bond acceptors (Lipinski definition) is 3. The number of para-hydroxylation sites is 2. The number of halogens is 2. The summed E-state index contributed by atoms with van der Waals surface area (Å²) in [6.45, 7) is -1.46. The van der Waals surface area contributed by atoms with Crippen LogP contribution in [0.4, 0.5) is 19.3 Å². The fourth-order valence-electron chi connectivity index (χ4n) is 2.87. The molecule has 0 spiro atoms. The van der Waals surface area contributed by atoms with Crippen molar-refractivity contribution in [3.05, 3.63) is 71.4 Å². The zero-order chi connectivity index (χ0) is 19.4. The van der Waals surface area contributed by atoms with Gasteiger partial charge >= 0.3 is 12.6 Å². The van der Waals surface area contributed by atoms with Gasteiger partial charge in [-0.3, -0.25) is 4.79 Å². The Bertz CT molecular complexity index is 885. The third kappa shape index (κ3) is 4.22. The number of alkyl halides is 2. The molecule has 0 aromatic heterocycles. The number of carbonyl (C=O) groups is 2. The number of ether oxygens (including phenoxy) is 1. The maximum Gasteiger partial charge on any atom is 0.387 e. The normalized spacial score (nSPS) is 16.6. The monoisotopic (exact) mass is 373 g/mol. The Balaban J connectivity index is 1.99. The maximum absolute atomic E-state index is 12.9. The number of urea groups is 1. The first kappa shape index (κ1) is 18.4. The number of amides is 3. The fraction of sp³-hybridized carbons (Fsp3) is 0.158. The summed E-state index contributed by atoms with van der Waals surface area (Å²) in [6.07, 6.45) is 0. The SMILES string of the molecule is CC1=C(C(=O)Nc2ccccc2)C(c2ccccc2OC(F)F)NC(=O)N1. The Morgan fingerprint density at radius 3 is 2.48 bits per heavy atom. The molecule has 8 heteroatoms. The van der Waals surface area contributed by atoms with Crippen LogP contribution in [-0.2, 0) is 4.79 Å². The highest BCUT2D eigenvalue weighted by Crippen LogP contribution is 2.34. The predicted octanol–water partition coefficient (Wildman–Crippen LogP) is 3.55. The first-order chi connectivity index (χ1) is 13.0. The summed E-state index contributed by atoms with van der Waals surface area (Å²) in [5.74, 6) is -0.583. The van der Waals surface area contributed by atoms with Crippen molar-refractivity contribution in [3.63, 3.8) is 0 Å². The molecule has 3 amide bonds. The van der Waals surface area contributed by atoms with Gasteiger partial charge in [0.2, 0.25) is 0 Å². The number of allylic oxidation sites excluding steroid dienone is 1. The molecule has 0 saturated heterocycles. The van der Waals surface area contributed by atoms with Crippen LogP contribution in [0.2, 0.25) is 0 Å². The van der Waals surface area contributed by atoms with E-state index in [-0.39, 0.29) is 16.9 Å². The van der Waals surface area contributed by atoms with E-state index < -0.39 is 24.6 Å². The van der Waals surface area contributed by atoms with Crippen LogP contribution in [0.15, 0.2) is 65.9 Å². The fourth-order valence-corrected chi connectivity index (χ4v) is 2.87. The molecule has 1 aliphatic heterocycles. The van der Waals surface area contributed by atoms with Crippen molar-refractivity contribution < 1.29 is 23.1 Å². The molecule has 2 aromatic carbocycles. The van der Waals surface area contributed by atoms with E-state index in [4.69, 9.17) is 0 Å². The third-order valence-electron chi connectivity index (χ3n) is 3.99. The van der Waals surface area contributed by atoms with E-state index in [1.54, 1.807) is 37.3 Å². The molecule has 1 heterocycles. The summed E-state index contributed by atoms with van der Waals surface area (Å²) in [6, 6.07) is 13.3. The van der Waals surface area contributed by atoms with Crippen molar-refractivity contribution in [2.45, 2.75) is 19.6 Å². The molecular weight excluding hydrogens is 356 g/mol. The van der Waals surface area contributed by atoms with Crippen LogP contribution in [0, 0.1) is 0 Å². The van der Waals surface area contributed by atoms with E-state index in [9.17, 15) is 18.4 Å². The molecule has 27 heavy (non-hydrogen) atoms. The quantitative estimate of drug-likeness (QED) is 0.750. The van der Waals surface area contributed by atoms with E-state index in [0.717, 1.165) is 0 Å². The van der Waals surface area contributed by atoms with Gasteiger partial charge in [0, 0.05) is 16.9 Å². The van der Waals surface area contributed by atoms with Gasteiger partial charge in [0.15, 0.2) is 0 Å². The Morgan fingerprint density at radius 2 is 1.78 bits per heavy atom. The highest BCUT2D eigenvalue weighted by Gasteiger charge is 2.33. The zero-order valence-electron chi connectivity index (χ0n) is 14.3. The van der Waals surface area contributed by atoms with Gasteiger partial charge in [-0.2, -0.15) is 8.78 Å². The average Bonchev–Trinajstić information content (AvgIpc) is 2.61. The number of rotatable bonds is 5. The van der Waals surface area contributed by atoms with Crippen molar-refractivity contribution in [1.29, 1.82) is 0 Å². The second kappa shape index (κ2) is 7.86. The van der Waals surface area contributed by atoms with Crippen LogP contribution in [0.3, 0.4) is 0 Å². The van der Waals surface area contributed by atoms with Gasteiger partial charge in [0.1, 0.15) is 5.75 Å². The second-order valence-electron chi connectivity index (χ2n) is 5.81. The maximum atomic E-state index is 12.9. The van der Waals surface area contributed by atoms with E-state index in [0.29, 0.717) is 11.4 Å². The molecule has 1 aliphatic rings. The van der Waals surface area contributed by atoms with Gasteiger partial charge in [-0.15, -0.1) is 0 Å². The van der Waals surface area contributed by atoms with E-state index >= 15 is 0 Å². The lowest BCUT2D eigenvalue weighted by Crippen LogP contribution is -2.46. The molecule has 1 unspecified atom stereocenters. The molecule has 2 aromatic rings. The van der Waals surface area contributed by atoms with Crippen LogP contribution >= 0.6 is 0 Å². The van der Waals surface area contributed by atoms with Gasteiger partial charge in [-0.25, -0.2) is 4.79 Å². The van der Waals surface area contributed by atoms with Gasteiger partial charge < -0.3 is 20.7 Å². The highest BCUT2D eigenvalue weighted by atomic mass is 19.3. The van der Waals surface area contributed by atoms with Gasteiger partial charge in [0.05, 0.1) is 11.6 Å². The lowest BCUT2D eigenvalue weighted by Gasteiger charge is -2.29. The van der Waals surface area contributed by atoms with Crippen LogP contribution in [0.1, 0.15) is 18.5 Å². The summed E-state index contributed by atoms with van der Waals surface area (Å²) in [4.78, 5) is 24.8. The average molecular weight is 373 g/mol. The van der Waals surface area contributed by atoms with Gasteiger partial charge in [0.25, 0.3) is 5.91 Å². The lowest BCUT2D eigenvalue weighted by atomic mass is 9.94. The highest BCUT2D eigenvalue weighted by molar-refractivity contribution is 6.06. The molecule has 0 radical (unpaired) electrons. The molecule has 0 fully saturated rings. The zero-order valence-corrected chi connectivity index (χ0v) is 14.3. The number of benzene rings is 2. The molecular formula is C19H17F2N3O3. The molecule has 140 valence electrons.